The van der Waals surface area contributed by atoms with Crippen LogP contribution in [-0.4, -0.2) is 42.1 Å². The quantitative estimate of drug-likeness (QED) is 0.443. The zero-order valence-corrected chi connectivity index (χ0v) is 21.9. The number of rotatable bonds is 5. The molecule has 0 radical (unpaired) electrons. The number of benzene rings is 2. The minimum Gasteiger partial charge on any atom is -0.495 e. The highest BCUT2D eigenvalue weighted by Crippen LogP contribution is 2.30. The van der Waals surface area contributed by atoms with Crippen molar-refractivity contribution < 1.29 is 19.1 Å². The summed E-state index contributed by atoms with van der Waals surface area (Å²) in [6.45, 7) is 8.44. The summed E-state index contributed by atoms with van der Waals surface area (Å²) >= 11 is 11.9. The molecule has 0 bridgehead atoms. The molecular formula is C25H30Cl2N4O4. The number of amides is 4. The van der Waals surface area contributed by atoms with Crippen LogP contribution < -0.4 is 26.0 Å². The van der Waals surface area contributed by atoms with Gasteiger partial charge >= 0.3 is 6.03 Å². The van der Waals surface area contributed by atoms with Crippen molar-refractivity contribution in [1.29, 1.82) is 0 Å². The summed E-state index contributed by atoms with van der Waals surface area (Å²) in [6.07, 6.45) is 1.56. The SMILES string of the molecule is COc1ccc(C(=O)NC2CC(C)(C)NC(C)(C)C2)cc1NC(=O)NC(=O)c1ccc(Cl)cc1Cl. The van der Waals surface area contributed by atoms with E-state index in [2.05, 4.69) is 49.0 Å². The predicted octanol–water partition coefficient (Wildman–Crippen LogP) is 5.00. The third-order valence-electron chi connectivity index (χ3n) is 5.64. The Kier molecular flexibility index (Phi) is 7.99. The second kappa shape index (κ2) is 10.4. The van der Waals surface area contributed by atoms with Crippen LogP contribution in [-0.2, 0) is 0 Å². The molecule has 4 N–H and O–H groups in total. The van der Waals surface area contributed by atoms with Crippen LogP contribution >= 0.6 is 23.2 Å². The Morgan fingerprint density at radius 3 is 2.23 bits per heavy atom. The first-order valence-electron chi connectivity index (χ1n) is 11.1. The zero-order valence-electron chi connectivity index (χ0n) is 20.3. The van der Waals surface area contributed by atoms with Crippen molar-refractivity contribution in [3.05, 3.63) is 57.6 Å². The lowest BCUT2D eigenvalue weighted by atomic mass is 9.79. The lowest BCUT2D eigenvalue weighted by molar-refractivity contribution is 0.0872. The molecule has 10 heteroatoms. The van der Waals surface area contributed by atoms with Crippen LogP contribution in [0.3, 0.4) is 0 Å². The summed E-state index contributed by atoms with van der Waals surface area (Å²) in [4.78, 5) is 38.0. The Balaban J connectivity index is 1.71. The fourth-order valence-electron chi connectivity index (χ4n) is 4.64. The van der Waals surface area contributed by atoms with Crippen LogP contribution in [0.5, 0.6) is 5.75 Å². The van der Waals surface area contributed by atoms with Crippen LogP contribution in [0.25, 0.3) is 0 Å². The first-order valence-corrected chi connectivity index (χ1v) is 11.9. The van der Waals surface area contributed by atoms with E-state index in [1.54, 1.807) is 12.1 Å². The molecule has 2 aromatic carbocycles. The number of imide groups is 1. The summed E-state index contributed by atoms with van der Waals surface area (Å²) < 4.78 is 5.30. The highest BCUT2D eigenvalue weighted by Gasteiger charge is 2.38. The first-order chi connectivity index (χ1) is 16.3. The van der Waals surface area contributed by atoms with Gasteiger partial charge in [0.25, 0.3) is 11.8 Å². The molecule has 1 aliphatic heterocycles. The Hall–Kier alpha value is -2.81. The molecule has 0 atom stereocenters. The topological polar surface area (TPSA) is 109 Å². The van der Waals surface area contributed by atoms with Gasteiger partial charge in [0.2, 0.25) is 0 Å². The number of carbonyl (C=O) groups excluding carboxylic acids is 3. The maximum absolute atomic E-state index is 13.0. The maximum Gasteiger partial charge on any atom is 0.326 e. The Morgan fingerprint density at radius 2 is 1.63 bits per heavy atom. The highest BCUT2D eigenvalue weighted by atomic mass is 35.5. The van der Waals surface area contributed by atoms with Crippen LogP contribution in [0.15, 0.2) is 36.4 Å². The number of methoxy groups -OCH3 is 1. The van der Waals surface area contributed by atoms with Gasteiger partial charge in [-0.1, -0.05) is 23.2 Å². The highest BCUT2D eigenvalue weighted by molar-refractivity contribution is 6.37. The van der Waals surface area contributed by atoms with Gasteiger partial charge in [-0.15, -0.1) is 0 Å². The molecule has 1 aliphatic rings. The van der Waals surface area contributed by atoms with Crippen molar-refractivity contribution in [2.24, 2.45) is 0 Å². The Labute approximate surface area is 215 Å². The zero-order chi connectivity index (χ0) is 26.0. The van der Waals surface area contributed by atoms with Crippen molar-refractivity contribution in [2.75, 3.05) is 12.4 Å². The predicted molar refractivity (Wildman–Crippen MR) is 138 cm³/mol. The van der Waals surface area contributed by atoms with E-state index in [1.807, 2.05) is 0 Å². The van der Waals surface area contributed by atoms with E-state index in [1.165, 1.54) is 31.4 Å². The van der Waals surface area contributed by atoms with Gasteiger partial charge in [-0.3, -0.25) is 14.9 Å². The average Bonchev–Trinajstić information content (AvgIpc) is 2.71. The van der Waals surface area contributed by atoms with Gasteiger partial charge in [-0.2, -0.15) is 0 Å². The number of anilines is 1. The van der Waals surface area contributed by atoms with Crippen molar-refractivity contribution in [3.63, 3.8) is 0 Å². The van der Waals surface area contributed by atoms with E-state index >= 15 is 0 Å². The normalized spacial score (nSPS) is 16.8. The monoisotopic (exact) mass is 520 g/mol. The third kappa shape index (κ3) is 7.10. The van der Waals surface area contributed by atoms with Crippen molar-refractivity contribution in [2.45, 2.75) is 57.7 Å². The van der Waals surface area contributed by atoms with Gasteiger partial charge in [0.15, 0.2) is 0 Å². The molecule has 2 aromatic rings. The van der Waals surface area contributed by atoms with Gasteiger partial charge in [0.05, 0.1) is 23.4 Å². The second-order valence-corrected chi connectivity index (χ2v) is 10.8. The smallest absolute Gasteiger partial charge is 0.326 e. The fourth-order valence-corrected chi connectivity index (χ4v) is 5.13. The fraction of sp³-hybridized carbons (Fsp3) is 0.400. The number of nitrogens with one attached hydrogen (secondary N) is 4. The molecule has 8 nitrogen and oxygen atoms in total. The number of hydrogen-bond acceptors (Lipinski definition) is 5. The Morgan fingerprint density at radius 1 is 0.971 bits per heavy atom. The molecule has 3 rings (SSSR count). The van der Waals surface area contributed by atoms with Crippen molar-refractivity contribution >= 4 is 46.7 Å². The Bertz CT molecular complexity index is 1130. The summed E-state index contributed by atoms with van der Waals surface area (Å²) in [5, 5.41) is 11.9. The van der Waals surface area contributed by atoms with Gasteiger partial charge in [-0.25, -0.2) is 4.79 Å². The van der Waals surface area contributed by atoms with Gasteiger partial charge in [0, 0.05) is 27.7 Å². The molecule has 4 amide bonds. The number of ether oxygens (including phenoxy) is 1. The van der Waals surface area contributed by atoms with Gasteiger partial charge in [-0.05, 0) is 76.9 Å². The number of hydrogen-bond donors (Lipinski definition) is 4. The number of halogens is 2. The van der Waals surface area contributed by atoms with Crippen molar-refractivity contribution in [3.8, 4) is 5.75 Å². The third-order valence-corrected chi connectivity index (χ3v) is 6.19. The van der Waals surface area contributed by atoms with E-state index in [4.69, 9.17) is 27.9 Å². The molecule has 1 fully saturated rings. The molecule has 0 spiro atoms. The van der Waals surface area contributed by atoms with Crippen LogP contribution in [0.4, 0.5) is 10.5 Å². The van der Waals surface area contributed by atoms with E-state index in [9.17, 15) is 14.4 Å². The molecule has 0 aliphatic carbocycles. The molecule has 0 saturated carbocycles. The molecule has 0 unspecified atom stereocenters. The summed E-state index contributed by atoms with van der Waals surface area (Å²) in [6, 6.07) is 8.21. The minimum atomic E-state index is -0.807. The molecule has 1 saturated heterocycles. The maximum atomic E-state index is 13.0. The summed E-state index contributed by atoms with van der Waals surface area (Å²) in [5.41, 5.74) is 0.438. The minimum absolute atomic E-state index is 0.0164. The van der Waals surface area contributed by atoms with Gasteiger partial charge < -0.3 is 20.7 Å². The lowest BCUT2D eigenvalue weighted by Crippen LogP contribution is -2.62. The lowest BCUT2D eigenvalue weighted by Gasteiger charge is -2.46. The van der Waals surface area contributed by atoms with Gasteiger partial charge in [0.1, 0.15) is 5.75 Å². The van der Waals surface area contributed by atoms with Crippen molar-refractivity contribution in [1.82, 2.24) is 16.0 Å². The van der Waals surface area contributed by atoms with Crippen LogP contribution in [0, 0.1) is 0 Å². The average molecular weight is 521 g/mol. The van der Waals surface area contributed by atoms with E-state index < -0.39 is 11.9 Å². The molecule has 0 aromatic heterocycles. The molecule has 1 heterocycles. The van der Waals surface area contributed by atoms with E-state index in [0.29, 0.717) is 16.3 Å². The number of urea groups is 1. The first kappa shape index (κ1) is 26.8. The standard InChI is InChI=1S/C25H30Cl2N4O4/c1-24(2)12-16(13-25(3,4)31-24)28-21(32)14-6-9-20(35-5)19(10-14)29-23(34)30-22(33)17-8-7-15(26)11-18(17)27/h6-11,16,31H,12-13H2,1-5H3,(H,28,32)(H2,29,30,33,34). The summed E-state index contributed by atoms with van der Waals surface area (Å²) in [5.74, 6) is -0.635. The van der Waals surface area contributed by atoms with Crippen LogP contribution in [0.1, 0.15) is 61.3 Å². The van der Waals surface area contributed by atoms with Crippen LogP contribution in [0.2, 0.25) is 10.0 Å². The molecule has 188 valence electrons. The van der Waals surface area contributed by atoms with E-state index in [0.717, 1.165) is 12.8 Å². The summed E-state index contributed by atoms with van der Waals surface area (Å²) in [7, 11) is 1.44. The largest absolute Gasteiger partial charge is 0.495 e. The molecular weight excluding hydrogens is 491 g/mol. The second-order valence-electron chi connectivity index (χ2n) is 9.92. The number of piperidine rings is 1. The molecule has 35 heavy (non-hydrogen) atoms. The number of carbonyl (C=O) groups is 3. The van der Waals surface area contributed by atoms with E-state index in [-0.39, 0.29) is 39.3 Å².